The van der Waals surface area contributed by atoms with Gasteiger partial charge in [-0.25, -0.2) is 32.8 Å². The molecule has 402 valence electrons. The lowest BCUT2D eigenvalue weighted by molar-refractivity contribution is -0.160. The van der Waals surface area contributed by atoms with E-state index in [4.69, 9.17) is 53.8 Å². The van der Waals surface area contributed by atoms with Gasteiger partial charge in [-0.15, -0.1) is 0 Å². The first-order valence-corrected chi connectivity index (χ1v) is 26.7. The van der Waals surface area contributed by atoms with Crippen molar-refractivity contribution in [3.63, 3.8) is 0 Å². The van der Waals surface area contributed by atoms with Crippen LogP contribution in [0.25, 0.3) is 39.2 Å². The van der Waals surface area contributed by atoms with Crippen LogP contribution in [0, 0.1) is 12.7 Å². The number of hydrogen-bond acceptors (Lipinski definition) is 16. The summed E-state index contributed by atoms with van der Waals surface area (Å²) in [5, 5.41) is 4.98. The predicted octanol–water partition coefficient (Wildman–Crippen LogP) is 11.1. The number of rotatable bonds is 21. The number of nitrogens with zero attached hydrogens (tertiary/aromatic N) is 7. The van der Waals surface area contributed by atoms with E-state index in [-0.39, 0.29) is 18.9 Å². The lowest BCUT2D eigenvalue weighted by Crippen LogP contribution is -2.45. The molecule has 1 fully saturated rings. The fourth-order valence-electron chi connectivity index (χ4n) is 8.48. The first-order valence-electron chi connectivity index (χ1n) is 24.9. The maximum Gasteiger partial charge on any atom is 0.478 e. The average molecular weight is 1080 g/mol. The van der Waals surface area contributed by atoms with Crippen LogP contribution in [0.2, 0.25) is 5.02 Å². The minimum Gasteiger partial charge on any atom is -0.496 e. The van der Waals surface area contributed by atoms with Gasteiger partial charge in [0.2, 0.25) is 18.8 Å². The van der Waals surface area contributed by atoms with E-state index in [9.17, 15) is 13.8 Å². The Balaban J connectivity index is 1.14. The molecule has 3 aromatic heterocycles. The number of halogens is 2. The molecule has 0 radical (unpaired) electrons. The second-order valence-corrected chi connectivity index (χ2v) is 22.1. The highest BCUT2D eigenvalue weighted by Gasteiger charge is 2.38. The number of para-hydroxylation sites is 2. The molecule has 0 bridgehead atoms. The number of benzene rings is 4. The van der Waals surface area contributed by atoms with Gasteiger partial charge in [-0.05, 0) is 120 Å². The molecule has 1 unspecified atom stereocenters. The Morgan fingerprint density at radius 3 is 2.22 bits per heavy atom. The maximum absolute atomic E-state index is 14.6. The van der Waals surface area contributed by atoms with Crippen molar-refractivity contribution in [1.29, 1.82) is 0 Å². The van der Waals surface area contributed by atoms with Crippen molar-refractivity contribution < 1.29 is 51.0 Å². The molecule has 7 aromatic rings. The summed E-state index contributed by atoms with van der Waals surface area (Å²) < 4.78 is 78.0. The molecular formula is C56H64ClFN7O10P. The number of ether oxygens (including phenoxy) is 5. The van der Waals surface area contributed by atoms with Crippen LogP contribution in [0.3, 0.4) is 0 Å². The van der Waals surface area contributed by atoms with Crippen molar-refractivity contribution in [3.05, 3.63) is 137 Å². The van der Waals surface area contributed by atoms with Crippen LogP contribution in [0.1, 0.15) is 58.4 Å². The van der Waals surface area contributed by atoms with Crippen molar-refractivity contribution in [1.82, 2.24) is 34.4 Å². The number of methoxy groups -OCH3 is 1. The molecule has 4 aromatic carbocycles. The first kappa shape index (κ1) is 55.7. The maximum atomic E-state index is 14.6. The molecule has 8 rings (SSSR count). The summed E-state index contributed by atoms with van der Waals surface area (Å²) in [6, 6.07) is 26.2. The van der Waals surface area contributed by atoms with Crippen LogP contribution in [0.15, 0.2) is 110 Å². The van der Waals surface area contributed by atoms with E-state index in [1.807, 2.05) is 43.3 Å². The van der Waals surface area contributed by atoms with Gasteiger partial charge in [0.05, 0.1) is 34.6 Å². The summed E-state index contributed by atoms with van der Waals surface area (Å²) in [7, 11) is -0.608. The van der Waals surface area contributed by atoms with Gasteiger partial charge in [-0.2, -0.15) is 10.1 Å². The number of likely N-dealkylation sites (N-methyl/N-ethyl adjacent to an activating group) is 1. The summed E-state index contributed by atoms with van der Waals surface area (Å²) in [5.41, 5.74) is 3.55. The molecule has 4 heterocycles. The van der Waals surface area contributed by atoms with Crippen molar-refractivity contribution in [3.8, 4) is 56.8 Å². The molecule has 1 aliphatic rings. The lowest BCUT2D eigenvalue weighted by Gasteiger charge is -2.32. The van der Waals surface area contributed by atoms with Gasteiger partial charge in [-0.1, -0.05) is 60.1 Å². The molecule has 0 saturated carbocycles. The Labute approximate surface area is 447 Å². The Kier molecular flexibility index (Phi) is 17.8. The number of hydrogen-bond donors (Lipinski definition) is 0. The SMILES string of the molecule is COc1ccccc1-c1nccc(COc2ccccc2CC(Oc2ncnn3cc(-c4ccc(F)cc4)c(-c4ccc(OCCN5CCN(C)CC5)c(Cl)c4C)c23)C(=O)OCOP(=O)(OC(C)(C)C)OC(C)(C)C)n1. The molecule has 17 nitrogen and oxygen atoms in total. The third kappa shape index (κ3) is 14.3. The minimum absolute atomic E-state index is 0.00897. The third-order valence-electron chi connectivity index (χ3n) is 12.1. The van der Waals surface area contributed by atoms with Crippen molar-refractivity contribution >= 4 is 30.9 Å². The second-order valence-electron chi connectivity index (χ2n) is 20.2. The fourth-order valence-corrected chi connectivity index (χ4v) is 10.4. The van der Waals surface area contributed by atoms with E-state index in [0.717, 1.165) is 32.7 Å². The number of carbonyl (C=O) groups is 1. The Bertz CT molecular complexity index is 3160. The Hall–Kier alpha value is -6.50. The number of piperazine rings is 1. The largest absolute Gasteiger partial charge is 0.496 e. The summed E-state index contributed by atoms with van der Waals surface area (Å²) in [6.45, 7) is 16.4. The molecule has 20 heteroatoms. The van der Waals surface area contributed by atoms with Gasteiger partial charge in [0.25, 0.3) is 0 Å². The summed E-state index contributed by atoms with van der Waals surface area (Å²) in [5.74, 6) is 0.684. The highest BCUT2D eigenvalue weighted by Crippen LogP contribution is 2.55. The smallest absolute Gasteiger partial charge is 0.478 e. The van der Waals surface area contributed by atoms with Crippen LogP contribution < -0.4 is 18.9 Å². The van der Waals surface area contributed by atoms with Crippen LogP contribution in [0.4, 0.5) is 4.39 Å². The van der Waals surface area contributed by atoms with Crippen LogP contribution in [-0.2, 0) is 40.7 Å². The number of phosphoric ester groups is 1. The molecular weight excluding hydrogens is 1020 g/mol. The first-order chi connectivity index (χ1) is 36.3. The lowest BCUT2D eigenvalue weighted by atomic mass is 9.94. The van der Waals surface area contributed by atoms with Gasteiger partial charge < -0.3 is 28.6 Å². The van der Waals surface area contributed by atoms with E-state index in [1.165, 1.54) is 18.5 Å². The zero-order chi connectivity index (χ0) is 54.2. The van der Waals surface area contributed by atoms with Crippen LogP contribution in [0.5, 0.6) is 23.1 Å². The minimum atomic E-state index is -4.31. The zero-order valence-corrected chi connectivity index (χ0v) is 45.9. The summed E-state index contributed by atoms with van der Waals surface area (Å²) in [4.78, 5) is 33.1. The molecule has 1 saturated heterocycles. The van der Waals surface area contributed by atoms with Crippen molar-refractivity contribution in [2.75, 3.05) is 60.3 Å². The standard InChI is InChI=1S/C56H64ClFN7O10P/c1-37-42(22-23-47(50(37)57)69-31-30-64-28-26-63(8)27-29-64)49-44(38-18-20-40(58)21-19-38)33-65-51(49)53(60-35-61-65)73-48(54(66)71-36-72-76(67,74-55(2,3)4)75-56(5,6)7)32-39-14-10-12-16-45(39)70-34-41-24-25-59-52(62-41)43-15-11-13-17-46(43)68-9/h10-25,33,35,48H,26-32,34,36H2,1-9H3. The number of phosphoric acid groups is 1. The topological polar surface area (TPSA) is 170 Å². The highest BCUT2D eigenvalue weighted by atomic mass is 35.5. The number of aromatic nitrogens is 5. The van der Waals surface area contributed by atoms with E-state index < -0.39 is 43.7 Å². The molecule has 76 heavy (non-hydrogen) atoms. The highest BCUT2D eigenvalue weighted by molar-refractivity contribution is 7.48. The number of fused-ring (bicyclic) bond motifs is 1. The molecule has 0 amide bonds. The quantitative estimate of drug-likeness (QED) is 0.0378. The second kappa shape index (κ2) is 24.2. The number of esters is 1. The molecule has 0 spiro atoms. The third-order valence-corrected chi connectivity index (χ3v) is 14.5. The van der Waals surface area contributed by atoms with Crippen molar-refractivity contribution in [2.24, 2.45) is 0 Å². The Morgan fingerprint density at radius 2 is 1.51 bits per heavy atom. The van der Waals surface area contributed by atoms with Crippen molar-refractivity contribution in [2.45, 2.75) is 78.8 Å². The average Bonchev–Trinajstić information content (AvgIpc) is 3.81. The summed E-state index contributed by atoms with van der Waals surface area (Å²) >= 11 is 7.16. The monoisotopic (exact) mass is 1080 g/mol. The van der Waals surface area contributed by atoms with Crippen LogP contribution >= 0.6 is 19.4 Å². The van der Waals surface area contributed by atoms with Gasteiger partial charge in [-0.3, -0.25) is 13.9 Å². The zero-order valence-electron chi connectivity index (χ0n) is 44.2. The van der Waals surface area contributed by atoms with Gasteiger partial charge >= 0.3 is 13.8 Å². The van der Waals surface area contributed by atoms with Crippen LogP contribution in [-0.4, -0.2) is 118 Å². The predicted molar refractivity (Wildman–Crippen MR) is 287 cm³/mol. The van der Waals surface area contributed by atoms with E-state index in [0.29, 0.717) is 84.9 Å². The van der Waals surface area contributed by atoms with Gasteiger partial charge in [0, 0.05) is 62.7 Å². The van der Waals surface area contributed by atoms with Gasteiger partial charge in [0.1, 0.15) is 48.1 Å². The Morgan fingerprint density at radius 1 is 0.816 bits per heavy atom. The van der Waals surface area contributed by atoms with E-state index >= 15 is 0 Å². The molecule has 0 aliphatic carbocycles. The number of carbonyl (C=O) groups excluding carboxylic acids is 1. The molecule has 1 atom stereocenters. The summed E-state index contributed by atoms with van der Waals surface area (Å²) in [6.07, 6.45) is 3.15. The molecule has 1 aliphatic heterocycles. The molecule has 0 N–H and O–H groups in total. The normalized spacial score (nSPS) is 14.1. The van der Waals surface area contributed by atoms with Gasteiger partial charge in [0.15, 0.2) is 5.82 Å². The fraction of sp³-hybridized carbons (Fsp3) is 0.375. The van der Waals surface area contributed by atoms with E-state index in [2.05, 4.69) is 31.9 Å². The van der Waals surface area contributed by atoms with E-state index in [1.54, 1.807) is 108 Å².